The van der Waals surface area contributed by atoms with E-state index in [1.807, 2.05) is 13.8 Å². The van der Waals surface area contributed by atoms with Gasteiger partial charge >= 0.3 is 5.97 Å². The number of hydrogen-bond donors (Lipinski definition) is 1. The Kier molecular flexibility index (Phi) is 4.36. The van der Waals surface area contributed by atoms with Crippen LogP contribution >= 0.6 is 11.5 Å². The number of esters is 1. The summed E-state index contributed by atoms with van der Waals surface area (Å²) in [4.78, 5) is 23.0. The largest absolute Gasteiger partial charge is 0.467 e. The molecule has 1 N–H and O–H groups in total. The van der Waals surface area contributed by atoms with Crippen LogP contribution in [0, 0.1) is 5.92 Å². The molecule has 0 aliphatic rings. The molecule has 1 unspecified atom stereocenters. The Hall–Kier alpha value is -1.50. The van der Waals surface area contributed by atoms with Crippen molar-refractivity contribution in [2.75, 3.05) is 7.11 Å². The van der Waals surface area contributed by atoms with Crippen molar-refractivity contribution in [3.63, 3.8) is 0 Å². The van der Waals surface area contributed by atoms with Crippen molar-refractivity contribution in [2.45, 2.75) is 19.9 Å². The first-order valence-corrected chi connectivity index (χ1v) is 5.55. The molecule has 0 bridgehead atoms. The van der Waals surface area contributed by atoms with Gasteiger partial charge in [-0.2, -0.15) is 0 Å². The molecule has 0 saturated heterocycles. The molecule has 0 aromatic carbocycles. The minimum Gasteiger partial charge on any atom is -0.467 e. The first-order chi connectivity index (χ1) is 7.56. The summed E-state index contributed by atoms with van der Waals surface area (Å²) in [7, 11) is 1.29. The maximum Gasteiger partial charge on any atom is 0.328 e. The third-order valence-electron chi connectivity index (χ3n) is 2.00. The van der Waals surface area contributed by atoms with E-state index < -0.39 is 17.9 Å². The van der Waals surface area contributed by atoms with Crippen LogP contribution in [0.4, 0.5) is 0 Å². The highest BCUT2D eigenvalue weighted by molar-refractivity contribution is 7.03. The van der Waals surface area contributed by atoms with E-state index in [0.29, 0.717) is 0 Å². The van der Waals surface area contributed by atoms with Crippen LogP contribution in [0.3, 0.4) is 0 Å². The van der Waals surface area contributed by atoms with Crippen LogP contribution in [-0.4, -0.2) is 34.6 Å². The molecule has 7 heteroatoms. The van der Waals surface area contributed by atoms with Crippen LogP contribution in [0.15, 0.2) is 5.38 Å². The first kappa shape index (κ1) is 12.6. The van der Waals surface area contributed by atoms with Gasteiger partial charge in [0.25, 0.3) is 5.91 Å². The second-order valence-corrected chi connectivity index (χ2v) is 4.12. The molecular weight excluding hydrogens is 230 g/mol. The standard InChI is InChI=1S/C9H13N3O3S/c1-5(2)7(9(14)15-3)10-8(13)6-4-16-12-11-6/h4-5,7H,1-3H3,(H,10,13). The van der Waals surface area contributed by atoms with Crippen LogP contribution in [0.1, 0.15) is 24.3 Å². The van der Waals surface area contributed by atoms with Crippen LogP contribution in [0.2, 0.25) is 0 Å². The average Bonchev–Trinajstić information content (AvgIpc) is 2.77. The van der Waals surface area contributed by atoms with Gasteiger partial charge in [-0.15, -0.1) is 5.10 Å². The minimum atomic E-state index is -0.667. The molecule has 1 aromatic rings. The van der Waals surface area contributed by atoms with Gasteiger partial charge in [0.15, 0.2) is 5.69 Å². The van der Waals surface area contributed by atoms with Crippen molar-refractivity contribution >= 4 is 23.4 Å². The van der Waals surface area contributed by atoms with Crippen molar-refractivity contribution < 1.29 is 14.3 Å². The molecule has 1 aromatic heterocycles. The molecule has 0 fully saturated rings. The number of nitrogens with zero attached hydrogens (tertiary/aromatic N) is 2. The van der Waals surface area contributed by atoms with Crippen LogP contribution < -0.4 is 5.32 Å². The molecule has 0 spiro atoms. The Morgan fingerprint density at radius 1 is 1.50 bits per heavy atom. The Morgan fingerprint density at radius 3 is 2.62 bits per heavy atom. The summed E-state index contributed by atoms with van der Waals surface area (Å²) in [5.41, 5.74) is 0.208. The molecule has 1 amide bonds. The number of aromatic nitrogens is 2. The quantitative estimate of drug-likeness (QED) is 0.777. The lowest BCUT2D eigenvalue weighted by Crippen LogP contribution is -2.45. The molecule has 0 saturated carbocycles. The molecule has 1 rings (SSSR count). The smallest absolute Gasteiger partial charge is 0.328 e. The van der Waals surface area contributed by atoms with Gasteiger partial charge in [-0.25, -0.2) is 4.79 Å². The Bertz CT molecular complexity index is 364. The van der Waals surface area contributed by atoms with E-state index in [2.05, 4.69) is 19.6 Å². The number of methoxy groups -OCH3 is 1. The maximum atomic E-state index is 11.6. The topological polar surface area (TPSA) is 81.2 Å². The lowest BCUT2D eigenvalue weighted by molar-refractivity contribution is -0.144. The monoisotopic (exact) mass is 243 g/mol. The SMILES string of the molecule is COC(=O)C(NC(=O)c1csnn1)C(C)C. The van der Waals surface area contributed by atoms with E-state index in [-0.39, 0.29) is 11.6 Å². The van der Waals surface area contributed by atoms with Crippen LogP contribution in [0.25, 0.3) is 0 Å². The van der Waals surface area contributed by atoms with Gasteiger partial charge in [-0.05, 0) is 17.5 Å². The molecular formula is C9H13N3O3S. The van der Waals surface area contributed by atoms with Crippen molar-refractivity contribution in [2.24, 2.45) is 5.92 Å². The van der Waals surface area contributed by atoms with Crippen molar-refractivity contribution in [3.8, 4) is 0 Å². The summed E-state index contributed by atoms with van der Waals surface area (Å²) in [5, 5.41) is 7.70. The number of carbonyl (C=O) groups is 2. The highest BCUT2D eigenvalue weighted by atomic mass is 32.1. The summed E-state index contributed by atoms with van der Waals surface area (Å²) in [6.45, 7) is 3.64. The summed E-state index contributed by atoms with van der Waals surface area (Å²) in [6.07, 6.45) is 0. The number of hydrogen-bond acceptors (Lipinski definition) is 6. The zero-order valence-corrected chi connectivity index (χ0v) is 10.1. The lowest BCUT2D eigenvalue weighted by atomic mass is 10.0. The Morgan fingerprint density at radius 2 is 2.19 bits per heavy atom. The van der Waals surface area contributed by atoms with Crippen LogP contribution in [-0.2, 0) is 9.53 Å². The molecule has 6 nitrogen and oxygen atoms in total. The van der Waals surface area contributed by atoms with Crippen molar-refractivity contribution in [1.29, 1.82) is 0 Å². The molecule has 0 aliphatic carbocycles. The van der Waals surface area contributed by atoms with Gasteiger partial charge in [-0.1, -0.05) is 18.3 Å². The van der Waals surface area contributed by atoms with Gasteiger partial charge < -0.3 is 10.1 Å². The number of nitrogens with one attached hydrogen (secondary N) is 1. The molecule has 16 heavy (non-hydrogen) atoms. The van der Waals surface area contributed by atoms with Gasteiger partial charge in [0.1, 0.15) is 6.04 Å². The minimum absolute atomic E-state index is 0.0528. The Balaban J connectivity index is 2.69. The second-order valence-electron chi connectivity index (χ2n) is 3.51. The van der Waals surface area contributed by atoms with E-state index in [0.717, 1.165) is 11.5 Å². The van der Waals surface area contributed by atoms with Gasteiger partial charge in [-0.3, -0.25) is 4.79 Å². The fourth-order valence-electron chi connectivity index (χ4n) is 1.10. The molecule has 1 heterocycles. The predicted molar refractivity (Wildman–Crippen MR) is 58.0 cm³/mol. The zero-order chi connectivity index (χ0) is 12.1. The van der Waals surface area contributed by atoms with E-state index in [1.54, 1.807) is 0 Å². The number of amides is 1. The predicted octanol–water partition coefficient (Wildman–Crippen LogP) is 0.465. The summed E-state index contributed by atoms with van der Waals surface area (Å²) < 4.78 is 8.18. The second kappa shape index (κ2) is 5.55. The van der Waals surface area contributed by atoms with Gasteiger partial charge in [0.2, 0.25) is 0 Å². The van der Waals surface area contributed by atoms with Crippen LogP contribution in [0.5, 0.6) is 0 Å². The first-order valence-electron chi connectivity index (χ1n) is 4.72. The van der Waals surface area contributed by atoms with Gasteiger partial charge in [0, 0.05) is 5.38 Å². The fraction of sp³-hybridized carbons (Fsp3) is 0.556. The lowest BCUT2D eigenvalue weighted by Gasteiger charge is -2.18. The highest BCUT2D eigenvalue weighted by Crippen LogP contribution is 2.05. The number of rotatable bonds is 4. The summed E-state index contributed by atoms with van der Waals surface area (Å²) >= 11 is 1.08. The van der Waals surface area contributed by atoms with E-state index in [4.69, 9.17) is 0 Å². The Labute approximate surface area is 97.2 Å². The summed E-state index contributed by atoms with van der Waals surface area (Å²) in [6, 6.07) is -0.667. The van der Waals surface area contributed by atoms with E-state index >= 15 is 0 Å². The average molecular weight is 243 g/mol. The van der Waals surface area contributed by atoms with Crippen molar-refractivity contribution in [1.82, 2.24) is 14.9 Å². The molecule has 0 radical (unpaired) electrons. The summed E-state index contributed by atoms with van der Waals surface area (Å²) in [5.74, 6) is -0.938. The van der Waals surface area contributed by atoms with Crippen molar-refractivity contribution in [3.05, 3.63) is 11.1 Å². The zero-order valence-electron chi connectivity index (χ0n) is 9.26. The fourth-order valence-corrected chi connectivity index (χ4v) is 1.54. The normalized spacial score (nSPS) is 12.2. The molecule has 0 aliphatic heterocycles. The van der Waals surface area contributed by atoms with E-state index in [1.165, 1.54) is 12.5 Å². The van der Waals surface area contributed by atoms with Gasteiger partial charge in [0.05, 0.1) is 7.11 Å². The molecule has 1 atom stereocenters. The highest BCUT2D eigenvalue weighted by Gasteiger charge is 2.25. The van der Waals surface area contributed by atoms with E-state index in [9.17, 15) is 9.59 Å². The third-order valence-corrected chi connectivity index (χ3v) is 2.51. The third kappa shape index (κ3) is 2.99. The number of carbonyl (C=O) groups excluding carboxylic acids is 2. The number of ether oxygens (including phenoxy) is 1. The maximum absolute atomic E-state index is 11.6. The molecule has 88 valence electrons.